The van der Waals surface area contributed by atoms with Crippen molar-refractivity contribution in [1.82, 2.24) is 0 Å². The minimum Gasteiger partial charge on any atom is -0.448 e. The summed E-state index contributed by atoms with van der Waals surface area (Å²) in [4.78, 5) is 0.0518. The fraction of sp³-hybridized carbons (Fsp3) is 0.333. The van der Waals surface area contributed by atoms with Gasteiger partial charge < -0.3 is 4.42 Å². The van der Waals surface area contributed by atoms with Crippen LogP contribution < -0.4 is 0 Å². The zero-order valence-electron chi connectivity index (χ0n) is 10.5. The van der Waals surface area contributed by atoms with Crippen LogP contribution in [0.3, 0.4) is 0 Å². The zero-order valence-corrected chi connectivity index (χ0v) is 12.8. The Balaban J connectivity index is 2.19. The van der Waals surface area contributed by atoms with Gasteiger partial charge in [-0.15, -0.1) is 0 Å². The standard InChI is InChI=1S/C15H16BrClO/c1-3-10(2)11-4-6-12(7-5-11)15(16)13-8-9-14(17)18-13/h4-10,15H,3H2,1-2H3. The van der Waals surface area contributed by atoms with E-state index in [1.165, 1.54) is 11.1 Å². The molecule has 96 valence electrons. The number of hydrogen-bond donors (Lipinski definition) is 0. The number of rotatable bonds is 4. The molecule has 0 saturated heterocycles. The van der Waals surface area contributed by atoms with E-state index in [1.54, 1.807) is 6.07 Å². The maximum atomic E-state index is 5.79. The van der Waals surface area contributed by atoms with E-state index in [2.05, 4.69) is 54.0 Å². The van der Waals surface area contributed by atoms with Crippen LogP contribution in [-0.4, -0.2) is 0 Å². The molecule has 3 heteroatoms. The average molecular weight is 328 g/mol. The van der Waals surface area contributed by atoms with Crippen LogP contribution in [0.2, 0.25) is 5.22 Å². The van der Waals surface area contributed by atoms with Gasteiger partial charge in [-0.3, -0.25) is 0 Å². The molecule has 1 heterocycles. The molecular weight excluding hydrogens is 312 g/mol. The van der Waals surface area contributed by atoms with Gasteiger partial charge in [0, 0.05) is 0 Å². The van der Waals surface area contributed by atoms with Gasteiger partial charge in [-0.2, -0.15) is 0 Å². The molecule has 18 heavy (non-hydrogen) atoms. The van der Waals surface area contributed by atoms with E-state index >= 15 is 0 Å². The normalized spacial score (nSPS) is 14.4. The van der Waals surface area contributed by atoms with Crippen LogP contribution in [0.5, 0.6) is 0 Å². The first kappa shape index (κ1) is 13.7. The quantitative estimate of drug-likeness (QED) is 0.634. The number of alkyl halides is 1. The van der Waals surface area contributed by atoms with Gasteiger partial charge in [0.15, 0.2) is 5.22 Å². The molecule has 2 atom stereocenters. The molecule has 1 nitrogen and oxygen atoms in total. The van der Waals surface area contributed by atoms with Crippen molar-refractivity contribution in [3.05, 3.63) is 58.5 Å². The highest BCUT2D eigenvalue weighted by molar-refractivity contribution is 9.09. The van der Waals surface area contributed by atoms with Gasteiger partial charge in [-0.25, -0.2) is 0 Å². The Bertz CT molecular complexity index is 503. The first-order chi connectivity index (χ1) is 8.61. The summed E-state index contributed by atoms with van der Waals surface area (Å²) >= 11 is 9.42. The summed E-state index contributed by atoms with van der Waals surface area (Å²) in [5, 5.41) is 0.422. The molecule has 0 radical (unpaired) electrons. The molecule has 0 amide bonds. The Labute approximate surface area is 121 Å². The van der Waals surface area contributed by atoms with Crippen LogP contribution in [0.15, 0.2) is 40.8 Å². The summed E-state index contributed by atoms with van der Waals surface area (Å²) in [5.41, 5.74) is 2.55. The Morgan fingerprint density at radius 1 is 1.11 bits per heavy atom. The molecule has 2 aromatic rings. The van der Waals surface area contributed by atoms with Gasteiger partial charge >= 0.3 is 0 Å². The summed E-state index contributed by atoms with van der Waals surface area (Å²) in [6.07, 6.45) is 1.16. The Kier molecular flexibility index (Phi) is 4.52. The van der Waals surface area contributed by atoms with Crippen molar-refractivity contribution in [3.8, 4) is 0 Å². The predicted octanol–water partition coefficient (Wildman–Crippen LogP) is 5.93. The Morgan fingerprint density at radius 2 is 1.72 bits per heavy atom. The summed E-state index contributed by atoms with van der Waals surface area (Å²) in [6, 6.07) is 12.3. The number of benzene rings is 1. The monoisotopic (exact) mass is 326 g/mol. The Hall–Kier alpha value is -0.730. The summed E-state index contributed by atoms with van der Waals surface area (Å²) in [5.74, 6) is 1.43. The molecule has 0 N–H and O–H groups in total. The van der Waals surface area contributed by atoms with Crippen molar-refractivity contribution in [3.63, 3.8) is 0 Å². The summed E-state index contributed by atoms with van der Waals surface area (Å²) in [6.45, 7) is 4.45. The van der Waals surface area contributed by atoms with E-state index in [-0.39, 0.29) is 4.83 Å². The van der Waals surface area contributed by atoms with Crippen molar-refractivity contribution in [1.29, 1.82) is 0 Å². The number of halogens is 2. The van der Waals surface area contributed by atoms with Gasteiger partial charge in [-0.1, -0.05) is 54.0 Å². The molecule has 0 saturated carbocycles. The third-order valence-electron chi connectivity index (χ3n) is 3.25. The third kappa shape index (κ3) is 2.99. The SMILES string of the molecule is CCC(C)c1ccc(C(Br)c2ccc(Cl)o2)cc1. The molecule has 1 aromatic carbocycles. The van der Waals surface area contributed by atoms with Crippen LogP contribution in [0.4, 0.5) is 0 Å². The minimum atomic E-state index is 0.0518. The van der Waals surface area contributed by atoms with Crippen LogP contribution in [0.1, 0.15) is 47.9 Å². The van der Waals surface area contributed by atoms with E-state index < -0.39 is 0 Å². The van der Waals surface area contributed by atoms with Crippen molar-refractivity contribution < 1.29 is 4.42 Å². The van der Waals surface area contributed by atoms with Crippen molar-refractivity contribution >= 4 is 27.5 Å². The van der Waals surface area contributed by atoms with Gasteiger partial charge in [0.05, 0.1) is 4.83 Å². The van der Waals surface area contributed by atoms with E-state index in [0.717, 1.165) is 12.2 Å². The minimum absolute atomic E-state index is 0.0518. The van der Waals surface area contributed by atoms with Crippen molar-refractivity contribution in [2.24, 2.45) is 0 Å². The second-order valence-electron chi connectivity index (χ2n) is 4.48. The topological polar surface area (TPSA) is 13.1 Å². The largest absolute Gasteiger partial charge is 0.448 e. The fourth-order valence-electron chi connectivity index (χ4n) is 1.86. The van der Waals surface area contributed by atoms with Crippen molar-refractivity contribution in [2.45, 2.75) is 31.0 Å². The lowest BCUT2D eigenvalue weighted by molar-refractivity contribution is 0.521. The fourth-order valence-corrected chi connectivity index (χ4v) is 2.56. The van der Waals surface area contributed by atoms with Crippen LogP contribution in [0, 0.1) is 0 Å². The lowest BCUT2D eigenvalue weighted by Gasteiger charge is -2.11. The second-order valence-corrected chi connectivity index (χ2v) is 5.77. The molecule has 0 aliphatic carbocycles. The molecule has 0 fully saturated rings. The van der Waals surface area contributed by atoms with Gasteiger partial charge in [0.1, 0.15) is 5.76 Å². The van der Waals surface area contributed by atoms with Crippen LogP contribution >= 0.6 is 27.5 Å². The second kappa shape index (κ2) is 5.94. The lowest BCUT2D eigenvalue weighted by atomic mass is 9.97. The summed E-state index contributed by atoms with van der Waals surface area (Å²) < 4.78 is 5.42. The molecule has 0 aliphatic rings. The van der Waals surface area contributed by atoms with Gasteiger partial charge in [0.25, 0.3) is 0 Å². The number of furan rings is 1. The van der Waals surface area contributed by atoms with Crippen molar-refractivity contribution in [2.75, 3.05) is 0 Å². The first-order valence-electron chi connectivity index (χ1n) is 6.11. The highest BCUT2D eigenvalue weighted by atomic mass is 79.9. The molecule has 1 aromatic heterocycles. The molecule has 0 spiro atoms. The molecule has 0 bridgehead atoms. The van der Waals surface area contributed by atoms with E-state index in [4.69, 9.17) is 16.0 Å². The maximum Gasteiger partial charge on any atom is 0.193 e. The average Bonchev–Trinajstić information content (AvgIpc) is 2.84. The first-order valence-corrected chi connectivity index (χ1v) is 7.40. The highest BCUT2D eigenvalue weighted by Crippen LogP contribution is 2.33. The molecule has 0 aliphatic heterocycles. The highest BCUT2D eigenvalue weighted by Gasteiger charge is 2.14. The van der Waals surface area contributed by atoms with Gasteiger partial charge in [0.2, 0.25) is 0 Å². The van der Waals surface area contributed by atoms with Gasteiger partial charge in [-0.05, 0) is 47.2 Å². The van der Waals surface area contributed by atoms with E-state index in [1.807, 2.05) is 6.07 Å². The lowest BCUT2D eigenvalue weighted by Crippen LogP contribution is -1.94. The van der Waals surface area contributed by atoms with E-state index in [0.29, 0.717) is 11.1 Å². The zero-order chi connectivity index (χ0) is 13.1. The molecule has 2 unspecified atom stereocenters. The smallest absolute Gasteiger partial charge is 0.193 e. The summed E-state index contributed by atoms with van der Waals surface area (Å²) in [7, 11) is 0. The third-order valence-corrected chi connectivity index (χ3v) is 4.44. The predicted molar refractivity (Wildman–Crippen MR) is 79.6 cm³/mol. The maximum absolute atomic E-state index is 5.79. The van der Waals surface area contributed by atoms with Crippen LogP contribution in [-0.2, 0) is 0 Å². The van der Waals surface area contributed by atoms with E-state index in [9.17, 15) is 0 Å². The molecule has 2 rings (SSSR count). The Morgan fingerprint density at radius 3 is 2.22 bits per heavy atom. The molecular formula is C15H16BrClO. The number of hydrogen-bond acceptors (Lipinski definition) is 1. The van der Waals surface area contributed by atoms with Crippen LogP contribution in [0.25, 0.3) is 0 Å².